The Bertz CT molecular complexity index is 744. The predicted octanol–water partition coefficient (Wildman–Crippen LogP) is 2.19. The number of aromatic amines is 1. The molecule has 2 rings (SSSR count). The molecular formula is C15H18N4O4. The third-order valence-electron chi connectivity index (χ3n) is 2.64. The van der Waals surface area contributed by atoms with Gasteiger partial charge in [-0.15, -0.1) is 0 Å². The number of aromatic nitrogens is 3. The fraction of sp³-hybridized carbons (Fsp3) is 0.333. The Morgan fingerprint density at radius 1 is 1.17 bits per heavy atom. The maximum atomic E-state index is 11.9. The average Bonchev–Trinajstić information content (AvgIpc) is 2.46. The lowest BCUT2D eigenvalue weighted by molar-refractivity contribution is 0.0635. The number of hydrogen-bond acceptors (Lipinski definition) is 6. The smallest absolute Gasteiger partial charge is 0.413 e. The standard InChI is InChI=1S/C15H18N4O4/c1-15(2,3)23-14(21)17-13-11(22-4)7-5-9(16-13)10-6-8-12(20)19-18-10/h5-8H,1-4H3,(H,19,20)(H,16,17,21). The Labute approximate surface area is 132 Å². The molecule has 0 spiro atoms. The first-order valence-corrected chi connectivity index (χ1v) is 6.89. The zero-order valence-electron chi connectivity index (χ0n) is 13.3. The van der Waals surface area contributed by atoms with Crippen molar-refractivity contribution in [1.82, 2.24) is 15.2 Å². The van der Waals surface area contributed by atoms with E-state index in [0.29, 0.717) is 17.1 Å². The van der Waals surface area contributed by atoms with Gasteiger partial charge < -0.3 is 9.47 Å². The minimum absolute atomic E-state index is 0.201. The largest absolute Gasteiger partial charge is 0.493 e. The van der Waals surface area contributed by atoms with Crippen molar-refractivity contribution in [2.45, 2.75) is 26.4 Å². The summed E-state index contributed by atoms with van der Waals surface area (Å²) in [5.74, 6) is 0.580. The molecule has 0 atom stereocenters. The van der Waals surface area contributed by atoms with E-state index in [9.17, 15) is 9.59 Å². The van der Waals surface area contributed by atoms with E-state index in [-0.39, 0.29) is 11.4 Å². The number of methoxy groups -OCH3 is 1. The highest BCUT2D eigenvalue weighted by atomic mass is 16.6. The van der Waals surface area contributed by atoms with Crippen LogP contribution in [0.3, 0.4) is 0 Å². The second kappa shape index (κ2) is 6.47. The van der Waals surface area contributed by atoms with Crippen LogP contribution in [0.25, 0.3) is 11.4 Å². The van der Waals surface area contributed by atoms with Crippen molar-refractivity contribution < 1.29 is 14.3 Å². The molecule has 2 aromatic rings. The summed E-state index contributed by atoms with van der Waals surface area (Å²) in [6, 6.07) is 6.18. The van der Waals surface area contributed by atoms with Gasteiger partial charge in [0, 0.05) is 6.07 Å². The summed E-state index contributed by atoms with van der Waals surface area (Å²) in [6.45, 7) is 5.29. The maximum absolute atomic E-state index is 11.9. The summed E-state index contributed by atoms with van der Waals surface area (Å²) in [5.41, 5.74) is -0.0166. The summed E-state index contributed by atoms with van der Waals surface area (Å²) >= 11 is 0. The number of pyridine rings is 1. The van der Waals surface area contributed by atoms with E-state index in [4.69, 9.17) is 9.47 Å². The highest BCUT2D eigenvalue weighted by molar-refractivity contribution is 5.86. The van der Waals surface area contributed by atoms with E-state index < -0.39 is 11.7 Å². The zero-order valence-corrected chi connectivity index (χ0v) is 13.3. The number of nitrogens with one attached hydrogen (secondary N) is 2. The van der Waals surface area contributed by atoms with Crippen molar-refractivity contribution in [1.29, 1.82) is 0 Å². The van der Waals surface area contributed by atoms with Gasteiger partial charge in [-0.1, -0.05) is 0 Å². The number of carbonyl (C=O) groups is 1. The Morgan fingerprint density at radius 2 is 1.87 bits per heavy atom. The summed E-state index contributed by atoms with van der Waals surface area (Å²) in [4.78, 5) is 27.3. The molecule has 0 aliphatic heterocycles. The molecule has 8 nitrogen and oxygen atoms in total. The lowest BCUT2D eigenvalue weighted by atomic mass is 10.2. The van der Waals surface area contributed by atoms with E-state index in [2.05, 4.69) is 20.5 Å². The van der Waals surface area contributed by atoms with Crippen LogP contribution < -0.4 is 15.6 Å². The summed E-state index contributed by atoms with van der Waals surface area (Å²) in [5, 5.41) is 8.77. The molecule has 0 radical (unpaired) electrons. The van der Waals surface area contributed by atoms with Gasteiger partial charge >= 0.3 is 6.09 Å². The van der Waals surface area contributed by atoms with Crippen LogP contribution in [-0.2, 0) is 4.74 Å². The summed E-state index contributed by atoms with van der Waals surface area (Å²) < 4.78 is 10.4. The number of nitrogens with zero attached hydrogens (tertiary/aromatic N) is 2. The summed E-state index contributed by atoms with van der Waals surface area (Å²) in [7, 11) is 1.47. The number of amides is 1. The Hall–Kier alpha value is -2.90. The molecular weight excluding hydrogens is 300 g/mol. The van der Waals surface area contributed by atoms with Crippen LogP contribution in [-0.4, -0.2) is 34.0 Å². The molecule has 2 N–H and O–H groups in total. The van der Waals surface area contributed by atoms with Crippen LogP contribution in [0.4, 0.5) is 10.6 Å². The molecule has 1 amide bonds. The summed E-state index contributed by atoms with van der Waals surface area (Å²) in [6.07, 6.45) is -0.644. The van der Waals surface area contributed by atoms with E-state index in [1.165, 1.54) is 19.2 Å². The number of hydrogen-bond donors (Lipinski definition) is 2. The van der Waals surface area contributed by atoms with Gasteiger partial charge in [-0.25, -0.2) is 14.9 Å². The normalized spacial score (nSPS) is 11.0. The topological polar surface area (TPSA) is 106 Å². The number of ether oxygens (including phenoxy) is 2. The van der Waals surface area contributed by atoms with Gasteiger partial charge in [-0.3, -0.25) is 10.1 Å². The molecule has 0 bridgehead atoms. The first kappa shape index (κ1) is 16.5. The average molecular weight is 318 g/mol. The first-order valence-electron chi connectivity index (χ1n) is 6.89. The van der Waals surface area contributed by atoms with Gasteiger partial charge in [-0.2, -0.15) is 5.10 Å². The minimum Gasteiger partial charge on any atom is -0.493 e. The Morgan fingerprint density at radius 3 is 2.43 bits per heavy atom. The van der Waals surface area contributed by atoms with Crippen molar-refractivity contribution in [3.05, 3.63) is 34.6 Å². The zero-order chi connectivity index (χ0) is 17.0. The van der Waals surface area contributed by atoms with E-state index in [1.807, 2.05) is 0 Å². The molecule has 0 aliphatic carbocycles. The highest BCUT2D eigenvalue weighted by Crippen LogP contribution is 2.26. The van der Waals surface area contributed by atoms with Crippen LogP contribution >= 0.6 is 0 Å². The van der Waals surface area contributed by atoms with Crippen molar-refractivity contribution in [3.8, 4) is 17.1 Å². The number of carbonyl (C=O) groups excluding carboxylic acids is 1. The Balaban J connectivity index is 2.30. The van der Waals surface area contributed by atoms with E-state index in [0.717, 1.165) is 0 Å². The SMILES string of the molecule is COc1ccc(-c2ccc(=O)[nH]n2)nc1NC(=O)OC(C)(C)C. The molecule has 8 heteroatoms. The van der Waals surface area contributed by atoms with Crippen molar-refractivity contribution in [2.75, 3.05) is 12.4 Å². The second-order valence-electron chi connectivity index (χ2n) is 5.68. The van der Waals surface area contributed by atoms with Crippen molar-refractivity contribution in [3.63, 3.8) is 0 Å². The molecule has 0 saturated carbocycles. The number of rotatable bonds is 3. The number of anilines is 1. The quantitative estimate of drug-likeness (QED) is 0.898. The first-order chi connectivity index (χ1) is 10.8. The predicted molar refractivity (Wildman–Crippen MR) is 84.5 cm³/mol. The van der Waals surface area contributed by atoms with Gasteiger partial charge in [0.2, 0.25) is 0 Å². The third-order valence-corrected chi connectivity index (χ3v) is 2.64. The molecule has 0 fully saturated rings. The fourth-order valence-corrected chi connectivity index (χ4v) is 1.73. The monoisotopic (exact) mass is 318 g/mol. The van der Waals surface area contributed by atoms with Gasteiger partial charge in [-0.05, 0) is 39.0 Å². The molecule has 0 aromatic carbocycles. The molecule has 0 unspecified atom stereocenters. The van der Waals surface area contributed by atoms with Gasteiger partial charge in [0.1, 0.15) is 11.3 Å². The van der Waals surface area contributed by atoms with Crippen LogP contribution in [0, 0.1) is 0 Å². The van der Waals surface area contributed by atoms with Gasteiger partial charge in [0.25, 0.3) is 5.56 Å². The van der Waals surface area contributed by atoms with Crippen LogP contribution in [0.1, 0.15) is 20.8 Å². The lowest BCUT2D eigenvalue weighted by Crippen LogP contribution is -2.27. The Kier molecular flexibility index (Phi) is 4.63. The molecule has 2 heterocycles. The van der Waals surface area contributed by atoms with Crippen LogP contribution in [0.5, 0.6) is 5.75 Å². The van der Waals surface area contributed by atoms with E-state index >= 15 is 0 Å². The van der Waals surface area contributed by atoms with Crippen LogP contribution in [0.2, 0.25) is 0 Å². The van der Waals surface area contributed by atoms with Crippen molar-refractivity contribution in [2.24, 2.45) is 0 Å². The van der Waals surface area contributed by atoms with Gasteiger partial charge in [0.15, 0.2) is 11.6 Å². The maximum Gasteiger partial charge on any atom is 0.413 e. The fourth-order valence-electron chi connectivity index (χ4n) is 1.73. The molecule has 122 valence electrons. The van der Waals surface area contributed by atoms with Crippen LogP contribution in [0.15, 0.2) is 29.1 Å². The molecule has 2 aromatic heterocycles. The minimum atomic E-state index is -0.644. The molecule has 23 heavy (non-hydrogen) atoms. The molecule has 0 aliphatic rings. The van der Waals surface area contributed by atoms with E-state index in [1.54, 1.807) is 32.9 Å². The molecule has 0 saturated heterocycles. The highest BCUT2D eigenvalue weighted by Gasteiger charge is 2.18. The number of H-pyrrole nitrogens is 1. The second-order valence-corrected chi connectivity index (χ2v) is 5.68. The van der Waals surface area contributed by atoms with Gasteiger partial charge in [0.05, 0.1) is 12.8 Å². The lowest BCUT2D eigenvalue weighted by Gasteiger charge is -2.20. The third kappa shape index (κ3) is 4.53. The van der Waals surface area contributed by atoms with Crippen molar-refractivity contribution >= 4 is 11.9 Å².